The van der Waals surface area contributed by atoms with Gasteiger partial charge < -0.3 is 5.32 Å². The summed E-state index contributed by atoms with van der Waals surface area (Å²) in [5.74, 6) is 0. The minimum atomic E-state index is 0.797. The highest BCUT2D eigenvalue weighted by molar-refractivity contribution is 9.10. The summed E-state index contributed by atoms with van der Waals surface area (Å²) in [7, 11) is 0. The first-order chi connectivity index (χ1) is 8.79. The van der Waals surface area contributed by atoms with Crippen LogP contribution in [-0.4, -0.2) is 4.98 Å². The summed E-state index contributed by atoms with van der Waals surface area (Å²) < 4.78 is 1.02. The van der Waals surface area contributed by atoms with E-state index in [2.05, 4.69) is 57.4 Å². The van der Waals surface area contributed by atoms with Gasteiger partial charge in [-0.15, -0.1) is 0 Å². The van der Waals surface area contributed by atoms with E-state index in [9.17, 15) is 0 Å². The highest BCUT2D eigenvalue weighted by Crippen LogP contribution is 2.10. The molecule has 0 radical (unpaired) electrons. The SMILES string of the molecule is CCc1ccccc1CNCc1ccc(Br)cn1. The third kappa shape index (κ3) is 3.65. The summed E-state index contributed by atoms with van der Waals surface area (Å²) in [6.45, 7) is 3.88. The molecule has 3 heteroatoms. The molecule has 0 unspecified atom stereocenters. The molecule has 1 aromatic carbocycles. The van der Waals surface area contributed by atoms with Crippen molar-refractivity contribution in [1.29, 1.82) is 0 Å². The third-order valence-corrected chi connectivity index (χ3v) is 3.38. The number of pyridine rings is 1. The van der Waals surface area contributed by atoms with Gasteiger partial charge >= 0.3 is 0 Å². The second-order valence-corrected chi connectivity index (χ2v) is 5.11. The number of rotatable bonds is 5. The predicted octanol–water partition coefficient (Wildman–Crippen LogP) is 3.70. The Morgan fingerprint density at radius 1 is 1.06 bits per heavy atom. The normalized spacial score (nSPS) is 10.6. The molecule has 1 heterocycles. The van der Waals surface area contributed by atoms with E-state index in [-0.39, 0.29) is 0 Å². The summed E-state index contributed by atoms with van der Waals surface area (Å²) >= 11 is 3.39. The van der Waals surface area contributed by atoms with E-state index in [1.807, 2.05) is 18.3 Å². The van der Waals surface area contributed by atoms with Gasteiger partial charge in [-0.3, -0.25) is 4.98 Å². The molecule has 0 aliphatic carbocycles. The Morgan fingerprint density at radius 2 is 1.83 bits per heavy atom. The molecule has 0 bridgehead atoms. The zero-order chi connectivity index (χ0) is 12.8. The number of aryl methyl sites for hydroxylation is 1. The number of hydrogen-bond acceptors (Lipinski definition) is 2. The summed E-state index contributed by atoms with van der Waals surface area (Å²) in [5.41, 5.74) is 3.85. The Labute approximate surface area is 117 Å². The van der Waals surface area contributed by atoms with Crippen LogP contribution in [0.1, 0.15) is 23.7 Å². The van der Waals surface area contributed by atoms with Gasteiger partial charge in [0.05, 0.1) is 5.69 Å². The molecule has 2 aromatic rings. The van der Waals surface area contributed by atoms with Gasteiger partial charge in [0.15, 0.2) is 0 Å². The minimum Gasteiger partial charge on any atom is -0.307 e. The van der Waals surface area contributed by atoms with Gasteiger partial charge in [0.1, 0.15) is 0 Å². The first kappa shape index (κ1) is 13.2. The van der Waals surface area contributed by atoms with E-state index in [1.54, 1.807) is 0 Å². The lowest BCUT2D eigenvalue weighted by molar-refractivity contribution is 0.675. The van der Waals surface area contributed by atoms with E-state index in [4.69, 9.17) is 0 Å². The van der Waals surface area contributed by atoms with Crippen LogP contribution in [0.5, 0.6) is 0 Å². The van der Waals surface area contributed by atoms with Crippen molar-refractivity contribution in [1.82, 2.24) is 10.3 Å². The highest BCUT2D eigenvalue weighted by atomic mass is 79.9. The topological polar surface area (TPSA) is 24.9 Å². The molecule has 1 aromatic heterocycles. The lowest BCUT2D eigenvalue weighted by Crippen LogP contribution is -2.14. The number of nitrogens with one attached hydrogen (secondary N) is 1. The average molecular weight is 305 g/mol. The van der Waals surface area contributed by atoms with Crippen molar-refractivity contribution in [2.24, 2.45) is 0 Å². The van der Waals surface area contributed by atoms with Crippen molar-refractivity contribution in [3.8, 4) is 0 Å². The average Bonchev–Trinajstić information content (AvgIpc) is 2.41. The molecule has 94 valence electrons. The Kier molecular flexibility index (Phi) is 4.90. The van der Waals surface area contributed by atoms with Gasteiger partial charge in [-0.25, -0.2) is 0 Å². The minimum absolute atomic E-state index is 0.797. The van der Waals surface area contributed by atoms with Crippen LogP contribution >= 0.6 is 15.9 Å². The maximum absolute atomic E-state index is 4.34. The first-order valence-corrected chi connectivity index (χ1v) is 6.97. The van der Waals surface area contributed by atoms with E-state index >= 15 is 0 Å². The van der Waals surface area contributed by atoms with Crippen LogP contribution in [-0.2, 0) is 19.5 Å². The van der Waals surface area contributed by atoms with Crippen LogP contribution in [0.2, 0.25) is 0 Å². The smallest absolute Gasteiger partial charge is 0.0542 e. The Hall–Kier alpha value is -1.19. The largest absolute Gasteiger partial charge is 0.307 e. The molecule has 0 atom stereocenters. The molecule has 0 aliphatic heterocycles. The highest BCUT2D eigenvalue weighted by Gasteiger charge is 1.99. The molecule has 0 aliphatic rings. The quantitative estimate of drug-likeness (QED) is 0.911. The van der Waals surface area contributed by atoms with Crippen molar-refractivity contribution < 1.29 is 0 Å². The van der Waals surface area contributed by atoms with Crippen LogP contribution in [0.4, 0.5) is 0 Å². The van der Waals surface area contributed by atoms with Crippen LogP contribution in [0.15, 0.2) is 47.1 Å². The fourth-order valence-electron chi connectivity index (χ4n) is 1.91. The fourth-order valence-corrected chi connectivity index (χ4v) is 2.15. The maximum atomic E-state index is 4.34. The van der Waals surface area contributed by atoms with Gasteiger partial charge in [-0.05, 0) is 45.6 Å². The molecule has 2 nitrogen and oxygen atoms in total. The third-order valence-electron chi connectivity index (χ3n) is 2.91. The predicted molar refractivity (Wildman–Crippen MR) is 78.3 cm³/mol. The summed E-state index contributed by atoms with van der Waals surface area (Å²) in [5, 5.41) is 3.43. The molecule has 0 amide bonds. The van der Waals surface area contributed by atoms with Crippen molar-refractivity contribution in [3.63, 3.8) is 0 Å². The Morgan fingerprint density at radius 3 is 2.50 bits per heavy atom. The Bertz CT molecular complexity index is 494. The molecular formula is C15H17BrN2. The fraction of sp³-hybridized carbons (Fsp3) is 0.267. The van der Waals surface area contributed by atoms with Gasteiger partial charge in [-0.1, -0.05) is 31.2 Å². The first-order valence-electron chi connectivity index (χ1n) is 6.17. The van der Waals surface area contributed by atoms with Gasteiger partial charge in [0, 0.05) is 23.8 Å². The standard InChI is InChI=1S/C15H17BrN2/c1-2-12-5-3-4-6-13(12)9-17-11-15-8-7-14(16)10-18-15/h3-8,10,17H,2,9,11H2,1H3. The van der Waals surface area contributed by atoms with Crippen molar-refractivity contribution in [3.05, 3.63) is 63.9 Å². The van der Waals surface area contributed by atoms with Crippen molar-refractivity contribution >= 4 is 15.9 Å². The second-order valence-electron chi connectivity index (χ2n) is 4.19. The van der Waals surface area contributed by atoms with Crippen LogP contribution in [0, 0.1) is 0 Å². The molecule has 0 saturated carbocycles. The van der Waals surface area contributed by atoms with E-state index < -0.39 is 0 Å². The lowest BCUT2D eigenvalue weighted by Gasteiger charge is -2.08. The monoisotopic (exact) mass is 304 g/mol. The van der Waals surface area contributed by atoms with Crippen LogP contribution in [0.3, 0.4) is 0 Å². The number of nitrogens with zero attached hydrogens (tertiary/aromatic N) is 1. The molecule has 0 spiro atoms. The van der Waals surface area contributed by atoms with Gasteiger partial charge in [0.2, 0.25) is 0 Å². The summed E-state index contributed by atoms with van der Waals surface area (Å²) in [6.07, 6.45) is 2.91. The van der Waals surface area contributed by atoms with Crippen molar-refractivity contribution in [2.75, 3.05) is 0 Å². The zero-order valence-corrected chi connectivity index (χ0v) is 12.1. The molecule has 18 heavy (non-hydrogen) atoms. The van der Waals surface area contributed by atoms with Crippen LogP contribution < -0.4 is 5.32 Å². The van der Waals surface area contributed by atoms with Gasteiger partial charge in [0.25, 0.3) is 0 Å². The molecule has 2 rings (SSSR count). The molecule has 0 saturated heterocycles. The second kappa shape index (κ2) is 6.66. The summed E-state index contributed by atoms with van der Waals surface area (Å²) in [4.78, 5) is 4.34. The van der Waals surface area contributed by atoms with E-state index in [0.29, 0.717) is 0 Å². The van der Waals surface area contributed by atoms with E-state index in [1.165, 1.54) is 11.1 Å². The van der Waals surface area contributed by atoms with E-state index in [0.717, 1.165) is 29.7 Å². The van der Waals surface area contributed by atoms with Gasteiger partial charge in [-0.2, -0.15) is 0 Å². The summed E-state index contributed by atoms with van der Waals surface area (Å²) in [6, 6.07) is 12.6. The lowest BCUT2D eigenvalue weighted by atomic mass is 10.1. The number of aromatic nitrogens is 1. The molecule has 1 N–H and O–H groups in total. The maximum Gasteiger partial charge on any atom is 0.0542 e. The van der Waals surface area contributed by atoms with Crippen LogP contribution in [0.25, 0.3) is 0 Å². The number of halogens is 1. The number of benzene rings is 1. The molecule has 0 fully saturated rings. The number of hydrogen-bond donors (Lipinski definition) is 1. The zero-order valence-electron chi connectivity index (χ0n) is 10.5. The van der Waals surface area contributed by atoms with Crippen molar-refractivity contribution in [2.45, 2.75) is 26.4 Å². The Balaban J connectivity index is 1.90. The molecular weight excluding hydrogens is 288 g/mol.